The summed E-state index contributed by atoms with van der Waals surface area (Å²) >= 11 is 6.06. The summed E-state index contributed by atoms with van der Waals surface area (Å²) in [6, 6.07) is 13.0. The van der Waals surface area contributed by atoms with Crippen LogP contribution in [0.15, 0.2) is 53.7 Å². The number of rotatable bonds is 7. The number of carbonyl (C=O) groups excluding carboxylic acids is 1. The van der Waals surface area contributed by atoms with E-state index in [-0.39, 0.29) is 24.7 Å². The van der Waals surface area contributed by atoms with E-state index in [2.05, 4.69) is 15.4 Å². The SMILES string of the molecule is O=Nc1ccc(NC2CCC(OCC(=O)N3CCN(c4ccc5cc(Cl)ccc5n4)CC3)CC2)cc1C(F)(F)F. The van der Waals surface area contributed by atoms with Gasteiger partial charge in [0.2, 0.25) is 5.91 Å². The maximum absolute atomic E-state index is 13.2. The number of halogens is 4. The van der Waals surface area contributed by atoms with Crippen LogP contribution >= 0.6 is 11.6 Å². The van der Waals surface area contributed by atoms with Gasteiger partial charge in [-0.25, -0.2) is 4.98 Å². The maximum atomic E-state index is 13.2. The number of nitrogens with zero attached hydrogens (tertiary/aromatic N) is 4. The van der Waals surface area contributed by atoms with Crippen molar-refractivity contribution in [3.05, 3.63) is 64.0 Å². The Labute approximate surface area is 234 Å². The Bertz CT molecular complexity index is 1370. The van der Waals surface area contributed by atoms with E-state index in [0.29, 0.717) is 62.6 Å². The number of piperazine rings is 1. The van der Waals surface area contributed by atoms with Crippen LogP contribution in [-0.2, 0) is 15.7 Å². The van der Waals surface area contributed by atoms with Gasteiger partial charge >= 0.3 is 6.18 Å². The zero-order valence-electron chi connectivity index (χ0n) is 21.7. The molecular formula is C28H29ClF3N5O3. The van der Waals surface area contributed by atoms with E-state index in [0.717, 1.165) is 28.9 Å². The summed E-state index contributed by atoms with van der Waals surface area (Å²) < 4.78 is 45.5. The number of hydrogen-bond acceptors (Lipinski definition) is 7. The van der Waals surface area contributed by atoms with Crippen molar-refractivity contribution in [2.45, 2.75) is 44.0 Å². The summed E-state index contributed by atoms with van der Waals surface area (Å²) in [6.45, 7) is 2.52. The van der Waals surface area contributed by atoms with Crippen LogP contribution in [0.1, 0.15) is 31.2 Å². The van der Waals surface area contributed by atoms with E-state index in [9.17, 15) is 22.9 Å². The van der Waals surface area contributed by atoms with Crippen LogP contribution in [0.3, 0.4) is 0 Å². The molecule has 3 aromatic rings. The quantitative estimate of drug-likeness (QED) is 0.328. The van der Waals surface area contributed by atoms with Crippen molar-refractivity contribution >= 4 is 45.6 Å². The molecular weight excluding hydrogens is 547 g/mol. The number of pyridine rings is 1. The van der Waals surface area contributed by atoms with Crippen molar-refractivity contribution in [3.8, 4) is 0 Å². The first-order valence-electron chi connectivity index (χ1n) is 13.2. The number of alkyl halides is 3. The predicted octanol–water partition coefficient (Wildman–Crippen LogP) is 6.39. The highest BCUT2D eigenvalue weighted by molar-refractivity contribution is 6.31. The molecule has 1 amide bonds. The first kappa shape index (κ1) is 28.1. The van der Waals surface area contributed by atoms with Crippen molar-refractivity contribution in [1.82, 2.24) is 9.88 Å². The van der Waals surface area contributed by atoms with Crippen molar-refractivity contribution in [2.24, 2.45) is 5.18 Å². The third kappa shape index (κ3) is 6.64. The molecule has 12 heteroatoms. The van der Waals surface area contributed by atoms with Crippen LogP contribution in [-0.4, -0.2) is 60.7 Å². The van der Waals surface area contributed by atoms with Crippen LogP contribution in [0.5, 0.6) is 0 Å². The lowest BCUT2D eigenvalue weighted by atomic mass is 9.92. The van der Waals surface area contributed by atoms with E-state index in [1.54, 1.807) is 4.90 Å². The van der Waals surface area contributed by atoms with Crippen LogP contribution in [0, 0.1) is 4.91 Å². The number of benzene rings is 2. The molecule has 2 aromatic carbocycles. The Hall–Kier alpha value is -3.44. The molecule has 2 aliphatic rings. The van der Waals surface area contributed by atoms with E-state index in [1.165, 1.54) is 6.07 Å². The molecule has 1 saturated heterocycles. The van der Waals surface area contributed by atoms with Gasteiger partial charge in [-0.2, -0.15) is 13.2 Å². The average Bonchev–Trinajstić information content (AvgIpc) is 2.96. The average molecular weight is 576 g/mol. The number of nitroso groups, excluding NO2 is 1. The Morgan fingerprint density at radius 1 is 1.02 bits per heavy atom. The molecule has 0 spiro atoms. The van der Waals surface area contributed by atoms with E-state index >= 15 is 0 Å². The fraction of sp³-hybridized carbons (Fsp3) is 0.429. The van der Waals surface area contributed by atoms with Gasteiger partial charge in [-0.3, -0.25) is 4.79 Å². The molecule has 5 rings (SSSR count). The second-order valence-electron chi connectivity index (χ2n) is 10.1. The predicted molar refractivity (Wildman–Crippen MR) is 148 cm³/mol. The Morgan fingerprint density at radius 2 is 1.77 bits per heavy atom. The number of anilines is 2. The van der Waals surface area contributed by atoms with Crippen LogP contribution in [0.2, 0.25) is 5.02 Å². The summed E-state index contributed by atoms with van der Waals surface area (Å²) in [5.74, 6) is 0.819. The smallest absolute Gasteiger partial charge is 0.382 e. The Morgan fingerprint density at radius 3 is 2.48 bits per heavy atom. The van der Waals surface area contributed by atoms with E-state index < -0.39 is 17.4 Å². The fourth-order valence-electron chi connectivity index (χ4n) is 5.27. The van der Waals surface area contributed by atoms with Crippen LogP contribution in [0.4, 0.5) is 30.4 Å². The molecule has 0 radical (unpaired) electrons. The Balaban J connectivity index is 1.05. The molecule has 212 valence electrons. The summed E-state index contributed by atoms with van der Waals surface area (Å²) in [6.07, 6.45) is -1.97. The second-order valence-corrected chi connectivity index (χ2v) is 10.6. The largest absolute Gasteiger partial charge is 0.418 e. The normalized spacial score (nSPS) is 20.0. The lowest BCUT2D eigenvalue weighted by Crippen LogP contribution is -2.50. The van der Waals surface area contributed by atoms with Gasteiger partial charge in [0, 0.05) is 48.3 Å². The maximum Gasteiger partial charge on any atom is 0.418 e. The van der Waals surface area contributed by atoms with Crippen LogP contribution < -0.4 is 10.2 Å². The summed E-state index contributed by atoms with van der Waals surface area (Å²) in [5, 5.41) is 7.25. The molecule has 0 unspecified atom stereocenters. The van der Waals surface area contributed by atoms with Gasteiger partial charge in [-0.1, -0.05) is 11.6 Å². The van der Waals surface area contributed by atoms with E-state index in [4.69, 9.17) is 21.3 Å². The highest BCUT2D eigenvalue weighted by Gasteiger charge is 2.35. The molecule has 1 aliphatic heterocycles. The van der Waals surface area contributed by atoms with Gasteiger partial charge < -0.3 is 19.9 Å². The minimum Gasteiger partial charge on any atom is -0.382 e. The topological polar surface area (TPSA) is 87.1 Å². The molecule has 40 heavy (non-hydrogen) atoms. The third-order valence-corrected chi connectivity index (χ3v) is 7.72. The zero-order chi connectivity index (χ0) is 28.3. The number of aromatic nitrogens is 1. The number of carbonyl (C=O) groups is 1. The van der Waals surface area contributed by atoms with Gasteiger partial charge in [-0.15, -0.1) is 4.91 Å². The monoisotopic (exact) mass is 575 g/mol. The van der Waals surface area contributed by atoms with Gasteiger partial charge in [0.1, 0.15) is 18.1 Å². The van der Waals surface area contributed by atoms with Crippen molar-refractivity contribution < 1.29 is 22.7 Å². The fourth-order valence-corrected chi connectivity index (χ4v) is 5.45. The summed E-state index contributed by atoms with van der Waals surface area (Å²) in [5.41, 5.74) is -0.514. The first-order valence-corrected chi connectivity index (χ1v) is 13.6. The first-order chi connectivity index (χ1) is 19.2. The highest BCUT2D eigenvalue weighted by Crippen LogP contribution is 2.38. The third-order valence-electron chi connectivity index (χ3n) is 7.48. The number of hydrogen-bond donors (Lipinski definition) is 1. The van der Waals surface area contributed by atoms with Crippen LogP contribution in [0.25, 0.3) is 10.9 Å². The van der Waals surface area contributed by atoms with E-state index in [1.807, 2.05) is 30.3 Å². The van der Waals surface area contributed by atoms with Gasteiger partial charge in [0.05, 0.1) is 17.2 Å². The zero-order valence-corrected chi connectivity index (χ0v) is 22.4. The highest BCUT2D eigenvalue weighted by atomic mass is 35.5. The summed E-state index contributed by atoms with van der Waals surface area (Å²) in [4.78, 5) is 32.2. The van der Waals surface area contributed by atoms with Crippen molar-refractivity contribution in [1.29, 1.82) is 0 Å². The lowest BCUT2D eigenvalue weighted by Gasteiger charge is -2.36. The standard InChI is InChI=1S/C28H29ClF3N5O3/c29-19-2-8-24-18(15-19)1-10-26(34-24)36-11-13-37(14-12-36)27(38)17-40-22-6-3-20(4-7-22)33-21-5-9-25(35-39)23(16-21)28(30,31)32/h1-2,5,8-10,15-16,20,22,33H,3-4,6-7,11-14,17H2. The molecule has 1 saturated carbocycles. The number of amides is 1. The van der Waals surface area contributed by atoms with Crippen molar-refractivity contribution in [3.63, 3.8) is 0 Å². The van der Waals surface area contributed by atoms with Gasteiger partial charge in [0.15, 0.2) is 0 Å². The second kappa shape index (κ2) is 12.0. The lowest BCUT2D eigenvalue weighted by molar-refractivity contribution is -0.139. The van der Waals surface area contributed by atoms with Crippen molar-refractivity contribution in [2.75, 3.05) is 43.0 Å². The minimum atomic E-state index is -4.66. The number of ether oxygens (including phenoxy) is 1. The number of fused-ring (bicyclic) bond motifs is 1. The molecule has 1 N–H and O–H groups in total. The summed E-state index contributed by atoms with van der Waals surface area (Å²) in [7, 11) is 0. The molecule has 2 heterocycles. The molecule has 8 nitrogen and oxygen atoms in total. The van der Waals surface area contributed by atoms with Gasteiger partial charge in [-0.05, 0) is 79.4 Å². The molecule has 1 aliphatic carbocycles. The molecule has 0 bridgehead atoms. The molecule has 0 atom stereocenters. The molecule has 1 aromatic heterocycles. The minimum absolute atomic E-state index is 0.00679. The number of nitrogens with one attached hydrogen (secondary N) is 1. The molecule has 2 fully saturated rings. The Kier molecular flexibility index (Phi) is 8.41. The van der Waals surface area contributed by atoms with Gasteiger partial charge in [0.25, 0.3) is 0 Å².